The molecule has 0 unspecified atom stereocenters. The molecule has 116 valence electrons. The van der Waals surface area contributed by atoms with E-state index >= 15 is 0 Å². The third-order valence-corrected chi connectivity index (χ3v) is 5.18. The van der Waals surface area contributed by atoms with Crippen molar-refractivity contribution in [1.29, 1.82) is 0 Å². The van der Waals surface area contributed by atoms with Crippen molar-refractivity contribution in [1.82, 2.24) is 4.90 Å². The fraction of sp³-hybridized carbons (Fsp3) is 0.600. The van der Waals surface area contributed by atoms with Crippen LogP contribution in [0.2, 0.25) is 5.02 Å². The molecule has 2 fully saturated rings. The van der Waals surface area contributed by atoms with Crippen molar-refractivity contribution in [3.05, 3.63) is 29.3 Å². The fourth-order valence-electron chi connectivity index (χ4n) is 2.98. The highest BCUT2D eigenvalue weighted by Crippen LogP contribution is 2.34. The van der Waals surface area contributed by atoms with Gasteiger partial charge in [-0.25, -0.2) is 0 Å². The van der Waals surface area contributed by atoms with Gasteiger partial charge in [0, 0.05) is 34.7 Å². The molecule has 1 aromatic carbocycles. The first-order valence-electron chi connectivity index (χ1n) is 7.22. The number of thioether (sulfide) groups is 1. The van der Waals surface area contributed by atoms with E-state index in [4.69, 9.17) is 21.1 Å². The molecule has 3 rings (SSSR count). The van der Waals surface area contributed by atoms with Crippen molar-refractivity contribution >= 4 is 23.4 Å². The second-order valence-corrected chi connectivity index (χ2v) is 7.03. The summed E-state index contributed by atoms with van der Waals surface area (Å²) in [6.45, 7) is 3.11. The first-order valence-corrected chi connectivity index (χ1v) is 8.58. The molecule has 0 saturated carbocycles. The van der Waals surface area contributed by atoms with Crippen LogP contribution in [0.25, 0.3) is 0 Å². The first-order chi connectivity index (χ1) is 10.2. The van der Waals surface area contributed by atoms with Gasteiger partial charge >= 0.3 is 0 Å². The lowest BCUT2D eigenvalue weighted by atomic mass is 10.1. The van der Waals surface area contributed by atoms with E-state index in [-0.39, 0.29) is 12.6 Å². The SMILES string of the molecule is OC[C@H]1CC2(CN1CCSc1cccc(Cl)c1)OCCO2. The molecule has 21 heavy (non-hydrogen) atoms. The summed E-state index contributed by atoms with van der Waals surface area (Å²) in [6.07, 6.45) is 0.755. The molecular weight excluding hydrogens is 310 g/mol. The van der Waals surface area contributed by atoms with Crippen molar-refractivity contribution in [3.63, 3.8) is 0 Å². The number of hydrogen-bond acceptors (Lipinski definition) is 5. The van der Waals surface area contributed by atoms with Crippen LogP contribution >= 0.6 is 23.4 Å². The molecule has 1 spiro atoms. The Hall–Kier alpha value is -0.300. The number of aliphatic hydroxyl groups is 1. The van der Waals surface area contributed by atoms with Gasteiger partial charge in [0.15, 0.2) is 5.79 Å². The molecule has 0 aliphatic carbocycles. The van der Waals surface area contributed by atoms with E-state index in [1.165, 1.54) is 4.90 Å². The molecule has 1 atom stereocenters. The summed E-state index contributed by atoms with van der Waals surface area (Å²) in [7, 11) is 0. The minimum atomic E-state index is -0.478. The maximum atomic E-state index is 9.56. The quantitative estimate of drug-likeness (QED) is 0.839. The van der Waals surface area contributed by atoms with Crippen LogP contribution in [0.4, 0.5) is 0 Å². The Morgan fingerprint density at radius 1 is 1.38 bits per heavy atom. The van der Waals surface area contributed by atoms with Crippen molar-refractivity contribution < 1.29 is 14.6 Å². The van der Waals surface area contributed by atoms with Crippen LogP contribution in [0.15, 0.2) is 29.2 Å². The summed E-state index contributed by atoms with van der Waals surface area (Å²) in [6, 6.07) is 8.01. The number of ether oxygens (including phenoxy) is 2. The normalized spacial score (nSPS) is 25.0. The number of benzene rings is 1. The van der Waals surface area contributed by atoms with Gasteiger partial charge < -0.3 is 14.6 Å². The average molecular weight is 330 g/mol. The monoisotopic (exact) mass is 329 g/mol. The first kappa shape index (κ1) is 15.6. The number of nitrogens with zero attached hydrogens (tertiary/aromatic N) is 1. The Kier molecular flexibility index (Phi) is 5.09. The van der Waals surface area contributed by atoms with Gasteiger partial charge in [-0.3, -0.25) is 4.90 Å². The molecule has 0 bridgehead atoms. The second kappa shape index (κ2) is 6.86. The maximum Gasteiger partial charge on any atom is 0.182 e. The molecule has 0 aromatic heterocycles. The van der Waals surface area contributed by atoms with E-state index in [1.807, 2.05) is 18.2 Å². The molecular formula is C15H20ClNO3S. The van der Waals surface area contributed by atoms with Gasteiger partial charge in [0.1, 0.15) is 0 Å². The molecule has 1 N–H and O–H groups in total. The largest absolute Gasteiger partial charge is 0.395 e. The summed E-state index contributed by atoms with van der Waals surface area (Å²) < 4.78 is 11.5. The molecule has 0 amide bonds. The summed E-state index contributed by atoms with van der Waals surface area (Å²) in [4.78, 5) is 3.44. The maximum absolute atomic E-state index is 9.56. The van der Waals surface area contributed by atoms with E-state index in [9.17, 15) is 5.11 Å². The van der Waals surface area contributed by atoms with E-state index < -0.39 is 5.79 Å². The fourth-order valence-corrected chi connectivity index (χ4v) is 4.18. The molecule has 2 saturated heterocycles. The van der Waals surface area contributed by atoms with Crippen LogP contribution < -0.4 is 0 Å². The Bertz CT molecular complexity index is 482. The number of rotatable bonds is 5. The Balaban J connectivity index is 1.52. The van der Waals surface area contributed by atoms with Crippen LogP contribution in [0, 0.1) is 0 Å². The minimum absolute atomic E-state index is 0.128. The molecule has 6 heteroatoms. The van der Waals surface area contributed by atoms with Gasteiger partial charge in [-0.1, -0.05) is 17.7 Å². The van der Waals surface area contributed by atoms with E-state index in [1.54, 1.807) is 11.8 Å². The standard InChI is InChI=1S/C15H20ClNO3S/c16-12-2-1-3-14(8-12)21-7-4-17-11-15(9-13(17)10-18)19-5-6-20-15/h1-3,8,13,18H,4-7,9-11H2/t13-/m1/s1. The second-order valence-electron chi connectivity index (χ2n) is 5.42. The predicted molar refractivity (Wildman–Crippen MR) is 83.9 cm³/mol. The van der Waals surface area contributed by atoms with Crippen LogP contribution in [-0.2, 0) is 9.47 Å². The molecule has 2 aliphatic rings. The molecule has 4 nitrogen and oxygen atoms in total. The van der Waals surface area contributed by atoms with Crippen LogP contribution in [0.3, 0.4) is 0 Å². The highest BCUT2D eigenvalue weighted by molar-refractivity contribution is 7.99. The molecule has 1 aromatic rings. The predicted octanol–water partition coefficient (Wildman–Crippen LogP) is 2.24. The van der Waals surface area contributed by atoms with Gasteiger partial charge in [0.2, 0.25) is 0 Å². The highest BCUT2D eigenvalue weighted by atomic mass is 35.5. The molecule has 2 aliphatic heterocycles. The lowest BCUT2D eigenvalue weighted by Crippen LogP contribution is -2.36. The third kappa shape index (κ3) is 3.73. The average Bonchev–Trinajstić information content (AvgIpc) is 3.07. The number of likely N-dealkylation sites (tertiary alicyclic amines) is 1. The van der Waals surface area contributed by atoms with Crippen molar-refractivity contribution in [2.75, 3.05) is 38.7 Å². The zero-order chi connectivity index (χ0) is 14.7. The third-order valence-electron chi connectivity index (χ3n) is 3.97. The van der Waals surface area contributed by atoms with Crippen molar-refractivity contribution in [3.8, 4) is 0 Å². The van der Waals surface area contributed by atoms with Crippen LogP contribution in [-0.4, -0.2) is 60.5 Å². The minimum Gasteiger partial charge on any atom is -0.395 e. The van der Waals surface area contributed by atoms with Gasteiger partial charge in [-0.05, 0) is 18.2 Å². The smallest absolute Gasteiger partial charge is 0.182 e. The zero-order valence-electron chi connectivity index (χ0n) is 11.8. The summed E-state index contributed by atoms with van der Waals surface area (Å²) >= 11 is 7.76. The lowest BCUT2D eigenvalue weighted by molar-refractivity contribution is -0.145. The van der Waals surface area contributed by atoms with Crippen LogP contribution in [0.5, 0.6) is 0 Å². The van der Waals surface area contributed by atoms with E-state index in [0.717, 1.165) is 30.3 Å². The Morgan fingerprint density at radius 3 is 2.90 bits per heavy atom. The molecule has 0 radical (unpaired) electrons. The van der Waals surface area contributed by atoms with Gasteiger partial charge in [-0.2, -0.15) is 0 Å². The van der Waals surface area contributed by atoms with Crippen LogP contribution in [0.1, 0.15) is 6.42 Å². The zero-order valence-corrected chi connectivity index (χ0v) is 13.4. The van der Waals surface area contributed by atoms with E-state index in [2.05, 4.69) is 11.0 Å². The summed E-state index contributed by atoms with van der Waals surface area (Å²) in [5, 5.41) is 10.3. The Labute approximate surface area is 134 Å². The molecule has 2 heterocycles. The van der Waals surface area contributed by atoms with E-state index in [0.29, 0.717) is 13.2 Å². The number of aliphatic hydroxyl groups excluding tert-OH is 1. The van der Waals surface area contributed by atoms with Gasteiger partial charge in [-0.15, -0.1) is 11.8 Å². The number of halogens is 1. The summed E-state index contributed by atoms with van der Waals surface area (Å²) in [5.41, 5.74) is 0. The number of hydrogen-bond donors (Lipinski definition) is 1. The van der Waals surface area contributed by atoms with Gasteiger partial charge in [0.25, 0.3) is 0 Å². The topological polar surface area (TPSA) is 41.9 Å². The summed E-state index contributed by atoms with van der Waals surface area (Å²) in [5.74, 6) is 0.473. The van der Waals surface area contributed by atoms with Crippen molar-refractivity contribution in [2.45, 2.75) is 23.1 Å². The van der Waals surface area contributed by atoms with Gasteiger partial charge in [0.05, 0.1) is 26.4 Å². The van der Waals surface area contributed by atoms with Crippen molar-refractivity contribution in [2.24, 2.45) is 0 Å². The Morgan fingerprint density at radius 2 is 2.19 bits per heavy atom. The lowest BCUT2D eigenvalue weighted by Gasteiger charge is -2.23. The highest BCUT2D eigenvalue weighted by Gasteiger charge is 2.47.